The lowest BCUT2D eigenvalue weighted by Crippen LogP contribution is -2.10. The van der Waals surface area contributed by atoms with Crippen molar-refractivity contribution in [3.05, 3.63) is 30.0 Å². The number of nitrogens with zero attached hydrogens (tertiary/aromatic N) is 1. The van der Waals surface area contributed by atoms with Crippen LogP contribution in [-0.2, 0) is 6.18 Å². The molecule has 1 heterocycles. The molecule has 0 aliphatic heterocycles. The first-order chi connectivity index (χ1) is 6.32. The van der Waals surface area contributed by atoms with Gasteiger partial charge in [0.15, 0.2) is 0 Å². The number of anilines is 1. The fourth-order valence-electron chi connectivity index (χ4n) is 0.936. The Morgan fingerprint density at radius 2 is 2.07 bits per heavy atom. The Labute approximate surface area is 79.3 Å². The van der Waals surface area contributed by atoms with Crippen molar-refractivity contribution in [2.45, 2.75) is 13.1 Å². The van der Waals surface area contributed by atoms with Crippen molar-refractivity contribution in [3.8, 4) is 0 Å². The summed E-state index contributed by atoms with van der Waals surface area (Å²) in [6.07, 6.45) is -3.20. The van der Waals surface area contributed by atoms with Crippen LogP contribution in [0.5, 0.6) is 0 Å². The topological polar surface area (TPSA) is 38.9 Å². The van der Waals surface area contributed by atoms with Gasteiger partial charge in [0, 0.05) is 6.20 Å². The Kier molecular flexibility index (Phi) is 2.51. The zero-order valence-electron chi connectivity index (χ0n) is 7.52. The summed E-state index contributed by atoms with van der Waals surface area (Å²) in [6, 6.07) is 0.949. The molecule has 0 atom stereocenters. The molecule has 0 spiro atoms. The first-order valence-electron chi connectivity index (χ1n) is 3.81. The monoisotopic (exact) mass is 202 g/mol. The van der Waals surface area contributed by atoms with E-state index in [-0.39, 0.29) is 0 Å². The number of allylic oxidation sites excluding steroid dienone is 1. The summed E-state index contributed by atoms with van der Waals surface area (Å²) in [5.41, 5.74) is 5.05. The molecule has 14 heavy (non-hydrogen) atoms. The third-order valence-corrected chi connectivity index (χ3v) is 1.72. The van der Waals surface area contributed by atoms with Crippen LogP contribution in [0.2, 0.25) is 0 Å². The van der Waals surface area contributed by atoms with Crippen LogP contribution in [0, 0.1) is 0 Å². The average molecular weight is 202 g/mol. The maximum Gasteiger partial charge on any atom is 0.419 e. The number of halogens is 3. The van der Waals surface area contributed by atoms with Crippen molar-refractivity contribution in [2.24, 2.45) is 0 Å². The minimum atomic E-state index is -4.47. The van der Waals surface area contributed by atoms with Gasteiger partial charge >= 0.3 is 6.18 Å². The first kappa shape index (κ1) is 10.6. The second-order valence-electron chi connectivity index (χ2n) is 2.93. The Balaban J connectivity index is 3.29. The van der Waals surface area contributed by atoms with Gasteiger partial charge in [0.05, 0.1) is 5.56 Å². The largest absolute Gasteiger partial charge is 0.419 e. The van der Waals surface area contributed by atoms with Gasteiger partial charge in [-0.3, -0.25) is 0 Å². The molecule has 0 aliphatic carbocycles. The summed E-state index contributed by atoms with van der Waals surface area (Å²) < 4.78 is 37.0. The fourth-order valence-corrected chi connectivity index (χ4v) is 0.936. The predicted octanol–water partition coefficient (Wildman–Crippen LogP) is 2.72. The highest BCUT2D eigenvalue weighted by Crippen LogP contribution is 2.33. The lowest BCUT2D eigenvalue weighted by atomic mass is 10.1. The zero-order valence-corrected chi connectivity index (χ0v) is 7.52. The highest BCUT2D eigenvalue weighted by molar-refractivity contribution is 5.63. The minimum absolute atomic E-state index is 0.339. The third-order valence-electron chi connectivity index (χ3n) is 1.72. The van der Waals surface area contributed by atoms with Crippen molar-refractivity contribution in [2.75, 3.05) is 5.73 Å². The summed E-state index contributed by atoms with van der Waals surface area (Å²) in [6.45, 7) is 5.13. The van der Waals surface area contributed by atoms with Gasteiger partial charge in [-0.15, -0.1) is 0 Å². The molecule has 1 rings (SSSR count). The summed E-state index contributed by atoms with van der Waals surface area (Å²) in [4.78, 5) is 3.46. The van der Waals surface area contributed by atoms with Crippen LogP contribution >= 0.6 is 0 Å². The quantitative estimate of drug-likeness (QED) is 0.760. The van der Waals surface area contributed by atoms with E-state index in [0.29, 0.717) is 11.1 Å². The van der Waals surface area contributed by atoms with Gasteiger partial charge in [0.25, 0.3) is 0 Å². The van der Waals surface area contributed by atoms with E-state index >= 15 is 0 Å². The van der Waals surface area contributed by atoms with E-state index in [1.807, 2.05) is 0 Å². The third kappa shape index (κ3) is 2.04. The van der Waals surface area contributed by atoms with E-state index in [9.17, 15) is 13.2 Å². The molecular weight excluding hydrogens is 193 g/mol. The second kappa shape index (κ2) is 3.32. The molecule has 5 heteroatoms. The van der Waals surface area contributed by atoms with E-state index < -0.39 is 17.6 Å². The lowest BCUT2D eigenvalue weighted by Gasteiger charge is -2.10. The number of pyridine rings is 1. The van der Waals surface area contributed by atoms with Crippen LogP contribution in [-0.4, -0.2) is 4.98 Å². The van der Waals surface area contributed by atoms with Crippen LogP contribution < -0.4 is 5.73 Å². The molecule has 2 N–H and O–H groups in total. The molecule has 0 radical (unpaired) electrons. The van der Waals surface area contributed by atoms with Crippen LogP contribution in [0.4, 0.5) is 19.0 Å². The maximum atomic E-state index is 12.3. The van der Waals surface area contributed by atoms with E-state index in [1.165, 1.54) is 6.20 Å². The van der Waals surface area contributed by atoms with E-state index in [4.69, 9.17) is 5.73 Å². The molecular formula is C9H9F3N2. The number of nitrogens with two attached hydrogens (primary N) is 1. The maximum absolute atomic E-state index is 12.3. The van der Waals surface area contributed by atoms with Gasteiger partial charge in [-0.1, -0.05) is 6.58 Å². The van der Waals surface area contributed by atoms with Gasteiger partial charge < -0.3 is 5.73 Å². The number of aromatic nitrogens is 1. The molecule has 0 amide bonds. The van der Waals surface area contributed by atoms with Gasteiger partial charge in [-0.05, 0) is 24.1 Å². The van der Waals surface area contributed by atoms with E-state index in [1.54, 1.807) is 6.92 Å². The molecule has 0 bridgehead atoms. The lowest BCUT2D eigenvalue weighted by molar-refractivity contribution is -0.137. The highest BCUT2D eigenvalue weighted by atomic mass is 19.4. The summed E-state index contributed by atoms with van der Waals surface area (Å²) in [7, 11) is 0. The molecule has 0 unspecified atom stereocenters. The SMILES string of the molecule is C=C(C)c1cnc(N)c(C(F)(F)F)c1. The van der Waals surface area contributed by atoms with Crippen LogP contribution in [0.15, 0.2) is 18.8 Å². The predicted molar refractivity (Wildman–Crippen MR) is 48.4 cm³/mol. The van der Waals surface area contributed by atoms with Crippen molar-refractivity contribution < 1.29 is 13.2 Å². The highest BCUT2D eigenvalue weighted by Gasteiger charge is 2.33. The number of alkyl halides is 3. The van der Waals surface area contributed by atoms with Crippen LogP contribution in [0.1, 0.15) is 18.1 Å². The van der Waals surface area contributed by atoms with Crippen molar-refractivity contribution in [1.29, 1.82) is 0 Å². The van der Waals surface area contributed by atoms with Crippen LogP contribution in [0.25, 0.3) is 5.57 Å². The summed E-state index contributed by atoms with van der Waals surface area (Å²) in [5.74, 6) is -0.512. The molecule has 2 nitrogen and oxygen atoms in total. The van der Waals surface area contributed by atoms with Gasteiger partial charge in [0.2, 0.25) is 0 Å². The molecule has 0 saturated carbocycles. The Hall–Kier alpha value is -1.52. The molecule has 1 aromatic heterocycles. The Morgan fingerprint density at radius 3 is 2.50 bits per heavy atom. The Morgan fingerprint density at radius 1 is 1.50 bits per heavy atom. The molecule has 0 aliphatic rings. The molecule has 0 saturated heterocycles. The van der Waals surface area contributed by atoms with Crippen molar-refractivity contribution >= 4 is 11.4 Å². The van der Waals surface area contributed by atoms with E-state index in [2.05, 4.69) is 11.6 Å². The number of rotatable bonds is 1. The molecule has 0 aromatic carbocycles. The Bertz CT molecular complexity index is 369. The number of nitrogen functional groups attached to an aromatic ring is 1. The first-order valence-corrected chi connectivity index (χ1v) is 3.81. The average Bonchev–Trinajstić information content (AvgIpc) is 2.02. The smallest absolute Gasteiger partial charge is 0.383 e. The van der Waals surface area contributed by atoms with Gasteiger partial charge in [0.1, 0.15) is 5.82 Å². The van der Waals surface area contributed by atoms with Gasteiger partial charge in [-0.2, -0.15) is 13.2 Å². The molecule has 0 fully saturated rings. The fraction of sp³-hybridized carbons (Fsp3) is 0.222. The normalized spacial score (nSPS) is 11.4. The second-order valence-corrected chi connectivity index (χ2v) is 2.93. The van der Waals surface area contributed by atoms with Gasteiger partial charge in [-0.25, -0.2) is 4.98 Å². The van der Waals surface area contributed by atoms with Crippen molar-refractivity contribution in [3.63, 3.8) is 0 Å². The molecule has 76 valence electrons. The van der Waals surface area contributed by atoms with Crippen LogP contribution in [0.3, 0.4) is 0 Å². The number of hydrogen-bond acceptors (Lipinski definition) is 2. The van der Waals surface area contributed by atoms with Crippen molar-refractivity contribution in [1.82, 2.24) is 4.98 Å². The standard InChI is InChI=1S/C9H9F3N2/c1-5(2)6-3-7(9(10,11)12)8(13)14-4-6/h3-4H,1H2,2H3,(H2,13,14). The zero-order chi connectivity index (χ0) is 10.9. The minimum Gasteiger partial charge on any atom is -0.383 e. The summed E-state index contributed by atoms with van der Waals surface area (Å²) in [5, 5.41) is 0. The summed E-state index contributed by atoms with van der Waals surface area (Å²) >= 11 is 0. The molecule has 1 aromatic rings. The van der Waals surface area contributed by atoms with E-state index in [0.717, 1.165) is 6.07 Å². The number of hydrogen-bond donors (Lipinski definition) is 1.